The highest BCUT2D eigenvalue weighted by Gasteiger charge is 2.23. The summed E-state index contributed by atoms with van der Waals surface area (Å²) in [7, 11) is 2.03. The standard InChI is InChI=1S/C9H13N3OS/c1-12(9-10-6-11-14-9)7-2-4-8(13)5-3-7/h6-7H,2-5H2,1H3. The number of nitrogens with zero attached hydrogens (tertiary/aromatic N) is 3. The molecule has 1 aliphatic rings. The fourth-order valence-electron chi connectivity index (χ4n) is 1.79. The summed E-state index contributed by atoms with van der Waals surface area (Å²) >= 11 is 1.41. The van der Waals surface area contributed by atoms with E-state index in [1.165, 1.54) is 11.5 Å². The van der Waals surface area contributed by atoms with Crippen LogP contribution in [0.2, 0.25) is 0 Å². The van der Waals surface area contributed by atoms with Crippen molar-refractivity contribution in [2.24, 2.45) is 0 Å². The predicted molar refractivity (Wildman–Crippen MR) is 55.6 cm³/mol. The lowest BCUT2D eigenvalue weighted by Gasteiger charge is -2.29. The molecule has 5 heteroatoms. The van der Waals surface area contributed by atoms with Gasteiger partial charge in [-0.2, -0.15) is 4.37 Å². The van der Waals surface area contributed by atoms with E-state index >= 15 is 0 Å². The first-order chi connectivity index (χ1) is 6.77. The SMILES string of the molecule is CN(c1ncns1)C1CCC(=O)CC1. The van der Waals surface area contributed by atoms with Gasteiger partial charge in [0.25, 0.3) is 0 Å². The Hall–Kier alpha value is -0.970. The van der Waals surface area contributed by atoms with Crippen LogP contribution in [0, 0.1) is 0 Å². The van der Waals surface area contributed by atoms with Crippen LogP contribution in [-0.4, -0.2) is 28.2 Å². The van der Waals surface area contributed by atoms with Crippen LogP contribution in [0.1, 0.15) is 25.7 Å². The maximum Gasteiger partial charge on any atom is 0.204 e. The van der Waals surface area contributed by atoms with E-state index in [4.69, 9.17) is 0 Å². The molecular formula is C9H13N3OS. The molecule has 14 heavy (non-hydrogen) atoms. The van der Waals surface area contributed by atoms with E-state index in [2.05, 4.69) is 14.3 Å². The van der Waals surface area contributed by atoms with E-state index in [9.17, 15) is 4.79 Å². The van der Waals surface area contributed by atoms with Gasteiger partial charge in [0.1, 0.15) is 12.1 Å². The summed E-state index contributed by atoms with van der Waals surface area (Å²) in [6.07, 6.45) is 4.91. The molecular weight excluding hydrogens is 198 g/mol. The minimum Gasteiger partial charge on any atom is -0.347 e. The maximum atomic E-state index is 11.1. The van der Waals surface area contributed by atoms with Gasteiger partial charge in [-0.3, -0.25) is 4.79 Å². The van der Waals surface area contributed by atoms with E-state index in [1.54, 1.807) is 6.33 Å². The summed E-state index contributed by atoms with van der Waals surface area (Å²) in [5.41, 5.74) is 0. The van der Waals surface area contributed by atoms with Crippen LogP contribution in [-0.2, 0) is 4.79 Å². The fraction of sp³-hybridized carbons (Fsp3) is 0.667. The van der Waals surface area contributed by atoms with Gasteiger partial charge >= 0.3 is 0 Å². The summed E-state index contributed by atoms with van der Waals surface area (Å²) in [4.78, 5) is 17.4. The van der Waals surface area contributed by atoms with Gasteiger partial charge in [0, 0.05) is 37.5 Å². The molecule has 1 saturated carbocycles. The molecule has 4 nitrogen and oxygen atoms in total. The molecule has 0 N–H and O–H groups in total. The second-order valence-electron chi connectivity index (χ2n) is 3.60. The van der Waals surface area contributed by atoms with Crippen LogP contribution in [0.15, 0.2) is 6.33 Å². The highest BCUT2D eigenvalue weighted by Crippen LogP contribution is 2.24. The van der Waals surface area contributed by atoms with Crippen LogP contribution < -0.4 is 4.90 Å². The number of ketones is 1. The van der Waals surface area contributed by atoms with Crippen molar-refractivity contribution < 1.29 is 4.79 Å². The Kier molecular flexibility index (Phi) is 2.77. The number of aromatic nitrogens is 2. The molecule has 0 saturated heterocycles. The third kappa shape index (κ3) is 1.92. The van der Waals surface area contributed by atoms with Crippen LogP contribution >= 0.6 is 11.5 Å². The molecule has 1 heterocycles. The number of hydrogen-bond acceptors (Lipinski definition) is 5. The van der Waals surface area contributed by atoms with Crippen molar-refractivity contribution >= 4 is 22.4 Å². The normalized spacial score (nSPS) is 18.5. The largest absolute Gasteiger partial charge is 0.347 e. The van der Waals surface area contributed by atoms with Crippen molar-refractivity contribution in [1.29, 1.82) is 0 Å². The minimum atomic E-state index is 0.395. The molecule has 1 fully saturated rings. The van der Waals surface area contributed by atoms with Crippen molar-refractivity contribution in [3.05, 3.63) is 6.33 Å². The van der Waals surface area contributed by atoms with Crippen molar-refractivity contribution in [2.45, 2.75) is 31.7 Å². The van der Waals surface area contributed by atoms with Gasteiger partial charge in [-0.15, -0.1) is 0 Å². The van der Waals surface area contributed by atoms with E-state index in [-0.39, 0.29) is 0 Å². The molecule has 0 spiro atoms. The van der Waals surface area contributed by atoms with Gasteiger partial charge in [-0.05, 0) is 12.8 Å². The van der Waals surface area contributed by atoms with Crippen molar-refractivity contribution in [1.82, 2.24) is 9.36 Å². The molecule has 76 valence electrons. The smallest absolute Gasteiger partial charge is 0.204 e. The Labute approximate surface area is 87.1 Å². The molecule has 0 unspecified atom stereocenters. The summed E-state index contributed by atoms with van der Waals surface area (Å²) in [5, 5.41) is 0.948. The van der Waals surface area contributed by atoms with Gasteiger partial charge in [0.05, 0.1) is 0 Å². The number of carbonyl (C=O) groups is 1. The molecule has 0 bridgehead atoms. The lowest BCUT2D eigenvalue weighted by atomic mass is 9.94. The van der Waals surface area contributed by atoms with Crippen molar-refractivity contribution in [2.75, 3.05) is 11.9 Å². The second-order valence-corrected chi connectivity index (χ2v) is 4.36. The summed E-state index contributed by atoms with van der Waals surface area (Å²) in [6.45, 7) is 0. The molecule has 0 aliphatic heterocycles. The zero-order chi connectivity index (χ0) is 9.97. The lowest BCUT2D eigenvalue weighted by Crippen LogP contribution is -2.35. The summed E-state index contributed by atoms with van der Waals surface area (Å²) in [6, 6.07) is 0.459. The minimum absolute atomic E-state index is 0.395. The first-order valence-electron chi connectivity index (χ1n) is 4.78. The topological polar surface area (TPSA) is 46.1 Å². The van der Waals surface area contributed by atoms with Crippen LogP contribution in [0.3, 0.4) is 0 Å². The average molecular weight is 211 g/mol. The Balaban J connectivity index is 1.99. The third-order valence-electron chi connectivity index (χ3n) is 2.71. The molecule has 2 rings (SSSR count). The van der Waals surface area contributed by atoms with Crippen LogP contribution in [0.5, 0.6) is 0 Å². The predicted octanol–water partition coefficient (Wildman–Crippen LogP) is 1.49. The number of carbonyl (C=O) groups excluding carboxylic acids is 1. The Morgan fingerprint density at radius 2 is 2.21 bits per heavy atom. The molecule has 0 amide bonds. The third-order valence-corrected chi connectivity index (χ3v) is 3.47. The van der Waals surface area contributed by atoms with Gasteiger partial charge < -0.3 is 4.90 Å². The van der Waals surface area contributed by atoms with Crippen molar-refractivity contribution in [3.8, 4) is 0 Å². The summed E-state index contributed by atoms with van der Waals surface area (Å²) < 4.78 is 3.97. The second kappa shape index (κ2) is 4.04. The van der Waals surface area contributed by atoms with Gasteiger partial charge in [-0.1, -0.05) is 0 Å². The number of rotatable bonds is 2. The fourth-order valence-corrected chi connectivity index (χ4v) is 2.35. The van der Waals surface area contributed by atoms with E-state index < -0.39 is 0 Å². The number of anilines is 1. The van der Waals surface area contributed by atoms with Crippen LogP contribution in [0.25, 0.3) is 0 Å². The zero-order valence-corrected chi connectivity index (χ0v) is 8.96. The number of hydrogen-bond donors (Lipinski definition) is 0. The quantitative estimate of drug-likeness (QED) is 0.743. The maximum absolute atomic E-state index is 11.1. The Bertz CT molecular complexity index is 302. The average Bonchev–Trinajstić information content (AvgIpc) is 2.71. The van der Waals surface area contributed by atoms with E-state index in [1.807, 2.05) is 7.05 Å². The highest BCUT2D eigenvalue weighted by molar-refractivity contribution is 7.09. The van der Waals surface area contributed by atoms with Gasteiger partial charge in [-0.25, -0.2) is 4.98 Å². The first-order valence-corrected chi connectivity index (χ1v) is 5.56. The molecule has 0 aromatic carbocycles. The van der Waals surface area contributed by atoms with Crippen molar-refractivity contribution in [3.63, 3.8) is 0 Å². The van der Waals surface area contributed by atoms with Gasteiger partial charge in [0.15, 0.2) is 0 Å². The Morgan fingerprint density at radius 1 is 1.50 bits per heavy atom. The molecule has 1 aromatic rings. The molecule has 1 aliphatic carbocycles. The molecule has 0 radical (unpaired) electrons. The number of Topliss-reactive ketones (excluding diaryl/α,β-unsaturated/α-hetero) is 1. The Morgan fingerprint density at radius 3 is 2.79 bits per heavy atom. The molecule has 1 aromatic heterocycles. The van der Waals surface area contributed by atoms with E-state index in [0.717, 1.165) is 18.0 Å². The van der Waals surface area contributed by atoms with Gasteiger partial charge in [0.2, 0.25) is 5.13 Å². The highest BCUT2D eigenvalue weighted by atomic mass is 32.1. The first kappa shape index (κ1) is 9.58. The van der Waals surface area contributed by atoms with Crippen LogP contribution in [0.4, 0.5) is 5.13 Å². The lowest BCUT2D eigenvalue weighted by molar-refractivity contribution is -0.120. The zero-order valence-electron chi connectivity index (χ0n) is 8.14. The monoisotopic (exact) mass is 211 g/mol. The van der Waals surface area contributed by atoms with E-state index in [0.29, 0.717) is 24.7 Å². The summed E-state index contributed by atoms with van der Waals surface area (Å²) in [5.74, 6) is 0.395. The molecule has 0 atom stereocenters.